The minimum Gasteiger partial charge on any atom is -0.487 e. The van der Waals surface area contributed by atoms with Crippen molar-refractivity contribution in [2.24, 2.45) is 0 Å². The predicted octanol–water partition coefficient (Wildman–Crippen LogP) is 3.82. The molecule has 1 aromatic carbocycles. The fraction of sp³-hybridized carbons (Fsp3) is 0.625. The Hall–Kier alpha value is -1.02. The number of fused-ring (bicyclic) bond motifs is 1. The van der Waals surface area contributed by atoms with E-state index in [0.29, 0.717) is 12.1 Å². The molecule has 2 heteroatoms. The molecular formula is C16H23NO. The zero-order chi connectivity index (χ0) is 12.6. The normalized spacial score (nSPS) is 25.2. The van der Waals surface area contributed by atoms with Gasteiger partial charge in [0, 0.05) is 24.1 Å². The first-order chi connectivity index (χ1) is 8.69. The van der Waals surface area contributed by atoms with Crippen molar-refractivity contribution in [3.05, 3.63) is 29.8 Å². The molecule has 1 aliphatic carbocycles. The van der Waals surface area contributed by atoms with Gasteiger partial charge in [-0.05, 0) is 31.7 Å². The lowest BCUT2D eigenvalue weighted by atomic mass is 9.85. The lowest BCUT2D eigenvalue weighted by molar-refractivity contribution is 0.0355. The van der Waals surface area contributed by atoms with Crippen molar-refractivity contribution in [2.45, 2.75) is 63.6 Å². The molecule has 1 saturated carbocycles. The molecule has 3 rings (SSSR count). The van der Waals surface area contributed by atoms with E-state index in [9.17, 15) is 0 Å². The lowest BCUT2D eigenvalue weighted by Crippen LogP contribution is -2.43. The highest BCUT2D eigenvalue weighted by Gasteiger charge is 2.42. The zero-order valence-electron chi connectivity index (χ0n) is 11.4. The van der Waals surface area contributed by atoms with E-state index in [2.05, 4.69) is 43.4 Å². The highest BCUT2D eigenvalue weighted by atomic mass is 16.5. The standard InChI is InChI=1S/C16H23NO/c1-12(2)17-14-11-16(9-5-6-10-16)18-15-8-4-3-7-13(14)15/h3-4,7-8,12,14,17H,5-6,9-11H2,1-2H3. The highest BCUT2D eigenvalue weighted by Crippen LogP contribution is 2.47. The summed E-state index contributed by atoms with van der Waals surface area (Å²) < 4.78 is 6.35. The van der Waals surface area contributed by atoms with Gasteiger partial charge < -0.3 is 10.1 Å². The number of ether oxygens (including phenoxy) is 1. The van der Waals surface area contributed by atoms with E-state index in [4.69, 9.17) is 4.74 Å². The molecule has 1 spiro atoms. The van der Waals surface area contributed by atoms with Gasteiger partial charge in [-0.25, -0.2) is 0 Å². The van der Waals surface area contributed by atoms with Gasteiger partial charge in [-0.2, -0.15) is 0 Å². The van der Waals surface area contributed by atoms with Crippen molar-refractivity contribution in [3.63, 3.8) is 0 Å². The van der Waals surface area contributed by atoms with E-state index >= 15 is 0 Å². The predicted molar refractivity (Wildman–Crippen MR) is 73.9 cm³/mol. The molecule has 0 amide bonds. The SMILES string of the molecule is CC(C)NC1CC2(CCCC2)Oc2ccccc21. The summed E-state index contributed by atoms with van der Waals surface area (Å²) in [5.41, 5.74) is 1.45. The van der Waals surface area contributed by atoms with Gasteiger partial charge in [-0.15, -0.1) is 0 Å². The monoisotopic (exact) mass is 245 g/mol. The summed E-state index contributed by atoms with van der Waals surface area (Å²) in [5, 5.41) is 3.71. The fourth-order valence-electron chi connectivity index (χ4n) is 3.49. The van der Waals surface area contributed by atoms with Gasteiger partial charge in [-0.1, -0.05) is 32.0 Å². The number of hydrogen-bond donors (Lipinski definition) is 1. The third-order valence-corrected chi connectivity index (χ3v) is 4.25. The number of para-hydroxylation sites is 1. The van der Waals surface area contributed by atoms with E-state index in [1.807, 2.05) is 0 Å². The van der Waals surface area contributed by atoms with Gasteiger partial charge in [0.25, 0.3) is 0 Å². The number of nitrogens with one attached hydrogen (secondary N) is 1. The first kappa shape index (κ1) is 12.0. The molecule has 98 valence electrons. The van der Waals surface area contributed by atoms with Crippen LogP contribution in [-0.2, 0) is 0 Å². The van der Waals surface area contributed by atoms with Gasteiger partial charge in [0.05, 0.1) is 0 Å². The summed E-state index contributed by atoms with van der Waals surface area (Å²) in [6.45, 7) is 4.44. The van der Waals surface area contributed by atoms with Gasteiger partial charge in [0.2, 0.25) is 0 Å². The van der Waals surface area contributed by atoms with Gasteiger partial charge >= 0.3 is 0 Å². The van der Waals surface area contributed by atoms with Crippen LogP contribution in [0.5, 0.6) is 5.75 Å². The van der Waals surface area contributed by atoms with Crippen LogP contribution in [0.15, 0.2) is 24.3 Å². The Labute approximate surface area is 110 Å². The first-order valence-corrected chi connectivity index (χ1v) is 7.23. The molecule has 1 aliphatic heterocycles. The van der Waals surface area contributed by atoms with Crippen LogP contribution in [0.1, 0.15) is 57.6 Å². The first-order valence-electron chi connectivity index (χ1n) is 7.23. The van der Waals surface area contributed by atoms with Crippen LogP contribution in [0.4, 0.5) is 0 Å². The van der Waals surface area contributed by atoms with E-state index in [0.717, 1.165) is 12.2 Å². The lowest BCUT2D eigenvalue weighted by Gasteiger charge is -2.41. The molecule has 1 N–H and O–H groups in total. The van der Waals surface area contributed by atoms with Crippen LogP contribution in [0, 0.1) is 0 Å². The molecule has 0 aromatic heterocycles. The smallest absolute Gasteiger partial charge is 0.124 e. The molecule has 2 nitrogen and oxygen atoms in total. The fourth-order valence-corrected chi connectivity index (χ4v) is 3.49. The van der Waals surface area contributed by atoms with E-state index in [-0.39, 0.29) is 5.60 Å². The average molecular weight is 245 g/mol. The summed E-state index contributed by atoms with van der Waals surface area (Å²) in [4.78, 5) is 0. The van der Waals surface area contributed by atoms with E-state index < -0.39 is 0 Å². The maximum absolute atomic E-state index is 6.35. The Balaban J connectivity index is 1.93. The van der Waals surface area contributed by atoms with Gasteiger partial charge in [0.15, 0.2) is 0 Å². The van der Waals surface area contributed by atoms with Gasteiger partial charge in [0.1, 0.15) is 11.4 Å². The van der Waals surface area contributed by atoms with Crippen molar-refractivity contribution in [3.8, 4) is 5.75 Å². The molecule has 0 bridgehead atoms. The molecule has 1 unspecified atom stereocenters. The molecule has 1 fully saturated rings. The molecule has 18 heavy (non-hydrogen) atoms. The minimum absolute atomic E-state index is 0.112. The molecule has 2 aliphatic rings. The quantitative estimate of drug-likeness (QED) is 0.855. The zero-order valence-corrected chi connectivity index (χ0v) is 11.4. The molecule has 1 aromatic rings. The number of benzene rings is 1. The molecule has 0 radical (unpaired) electrons. The third-order valence-electron chi connectivity index (χ3n) is 4.25. The second-order valence-corrected chi connectivity index (χ2v) is 6.11. The van der Waals surface area contributed by atoms with Crippen molar-refractivity contribution in [1.29, 1.82) is 0 Å². The Morgan fingerprint density at radius 2 is 1.94 bits per heavy atom. The van der Waals surface area contributed by atoms with Crippen LogP contribution < -0.4 is 10.1 Å². The van der Waals surface area contributed by atoms with Gasteiger partial charge in [-0.3, -0.25) is 0 Å². The topological polar surface area (TPSA) is 21.3 Å². The Morgan fingerprint density at radius 3 is 2.67 bits per heavy atom. The van der Waals surface area contributed by atoms with Crippen LogP contribution in [-0.4, -0.2) is 11.6 Å². The average Bonchev–Trinajstić information content (AvgIpc) is 2.76. The second-order valence-electron chi connectivity index (χ2n) is 6.11. The Kier molecular flexibility index (Phi) is 3.06. The summed E-state index contributed by atoms with van der Waals surface area (Å²) in [5.74, 6) is 1.10. The molecule has 1 heterocycles. The second kappa shape index (κ2) is 4.58. The van der Waals surface area contributed by atoms with Crippen LogP contribution in [0.3, 0.4) is 0 Å². The number of hydrogen-bond acceptors (Lipinski definition) is 2. The summed E-state index contributed by atoms with van der Waals surface area (Å²) >= 11 is 0. The van der Waals surface area contributed by atoms with Crippen LogP contribution >= 0.6 is 0 Å². The molecule has 0 saturated heterocycles. The van der Waals surface area contributed by atoms with E-state index in [1.54, 1.807) is 0 Å². The van der Waals surface area contributed by atoms with Crippen LogP contribution in [0.2, 0.25) is 0 Å². The third kappa shape index (κ3) is 2.14. The van der Waals surface area contributed by atoms with E-state index in [1.165, 1.54) is 31.2 Å². The Morgan fingerprint density at radius 1 is 1.22 bits per heavy atom. The van der Waals surface area contributed by atoms with Crippen LogP contribution in [0.25, 0.3) is 0 Å². The van der Waals surface area contributed by atoms with Crippen molar-refractivity contribution >= 4 is 0 Å². The molecule has 1 atom stereocenters. The number of rotatable bonds is 2. The minimum atomic E-state index is 0.112. The highest BCUT2D eigenvalue weighted by molar-refractivity contribution is 5.39. The summed E-state index contributed by atoms with van der Waals surface area (Å²) in [6, 6.07) is 9.50. The van der Waals surface area contributed by atoms with Crippen molar-refractivity contribution in [2.75, 3.05) is 0 Å². The van der Waals surface area contributed by atoms with Crippen molar-refractivity contribution < 1.29 is 4.74 Å². The molecular weight excluding hydrogens is 222 g/mol. The summed E-state index contributed by atoms with van der Waals surface area (Å²) in [6.07, 6.45) is 6.20. The maximum Gasteiger partial charge on any atom is 0.124 e. The largest absolute Gasteiger partial charge is 0.487 e. The Bertz CT molecular complexity index is 421. The summed E-state index contributed by atoms with van der Waals surface area (Å²) in [7, 11) is 0. The van der Waals surface area contributed by atoms with Crippen molar-refractivity contribution in [1.82, 2.24) is 5.32 Å². The maximum atomic E-state index is 6.35.